The number of hydrogen-bond acceptors (Lipinski definition) is 4. The Hall–Kier alpha value is 1.03. The summed E-state index contributed by atoms with van der Waals surface area (Å²) in [6.07, 6.45) is 0. The molecule has 0 unspecified atom stereocenters. The summed E-state index contributed by atoms with van der Waals surface area (Å²) in [6.45, 7) is 0.891. The van der Waals surface area contributed by atoms with Crippen molar-refractivity contribution in [3.05, 3.63) is 0 Å². The molecule has 44 valence electrons. The van der Waals surface area contributed by atoms with Crippen molar-refractivity contribution < 1.29 is 14.7 Å². The summed E-state index contributed by atoms with van der Waals surface area (Å²) in [5.74, 6) is -0.464. The van der Waals surface area contributed by atoms with Gasteiger partial charge >= 0.3 is 57.4 Å². The number of carbonyl (C=O) groups is 1. The Morgan fingerprint density at radius 1 is 1.88 bits per heavy atom. The van der Waals surface area contributed by atoms with E-state index in [0.717, 1.165) is 0 Å². The monoisotopic (exact) mass is 145 g/mol. The van der Waals surface area contributed by atoms with Crippen LogP contribution in [-0.4, -0.2) is 69.2 Å². The molecule has 0 aliphatic heterocycles. The molecule has 5 heteroatoms. The predicted octanol–water partition coefficient (Wildman–Crippen LogP) is -1.64. The summed E-state index contributed by atoms with van der Waals surface area (Å²) in [6, 6.07) is 0. The molecule has 0 saturated carbocycles. The molecule has 0 amide bonds. The Morgan fingerprint density at radius 3 is 2.50 bits per heavy atom. The van der Waals surface area contributed by atoms with E-state index in [-0.39, 0.29) is 58.1 Å². The maximum atomic E-state index is 9.81. The van der Waals surface area contributed by atoms with Crippen LogP contribution >= 0.6 is 0 Å². The second-order valence-electron chi connectivity index (χ2n) is 0.896. The van der Waals surface area contributed by atoms with Crippen LogP contribution in [-0.2, 0) is 9.63 Å². The number of aliphatic hydroxyl groups is 1. The van der Waals surface area contributed by atoms with Gasteiger partial charge in [0, 0.05) is 6.92 Å². The van der Waals surface area contributed by atoms with Gasteiger partial charge in [0.2, 0.25) is 0 Å². The van der Waals surface area contributed by atoms with E-state index < -0.39 is 5.97 Å². The molecule has 4 nitrogen and oxygen atoms in total. The van der Waals surface area contributed by atoms with Gasteiger partial charge in [-0.15, -0.1) is 5.48 Å². The number of hydroxylamine groups is 1. The first-order chi connectivity index (χ1) is 3.27. The first-order valence-electron chi connectivity index (χ1n) is 1.78. The third kappa shape index (κ3) is 10.1. The van der Waals surface area contributed by atoms with E-state index in [0.29, 0.717) is 0 Å². The fraction of sp³-hybridized carbons (Fsp3) is 0.667. The minimum atomic E-state index is -0.464. The second kappa shape index (κ2) is 8.03. The summed E-state index contributed by atoms with van der Waals surface area (Å²) in [4.78, 5) is 13.9. The molecular formula is C3H8KNO3. The molecule has 0 fully saturated rings. The zero-order valence-corrected chi connectivity index (χ0v) is 3.97. The minimum absolute atomic E-state index is 0. The molecule has 8 heavy (non-hydrogen) atoms. The van der Waals surface area contributed by atoms with Crippen molar-refractivity contribution in [2.45, 2.75) is 6.92 Å². The van der Waals surface area contributed by atoms with E-state index in [4.69, 9.17) is 5.11 Å². The van der Waals surface area contributed by atoms with Gasteiger partial charge in [-0.1, -0.05) is 0 Å². The molecule has 0 aliphatic rings. The molecule has 0 heterocycles. The third-order valence-corrected chi connectivity index (χ3v) is 0.280. The Morgan fingerprint density at radius 2 is 2.38 bits per heavy atom. The SMILES string of the molecule is CC(=O)ONCO.[KH]. The van der Waals surface area contributed by atoms with Gasteiger partial charge in [-0.25, -0.2) is 0 Å². The Kier molecular flexibility index (Phi) is 11.8. The zero-order chi connectivity index (χ0) is 5.70. The molecule has 0 aromatic carbocycles. The third-order valence-electron chi connectivity index (χ3n) is 0.280. The van der Waals surface area contributed by atoms with Crippen molar-refractivity contribution in [3.8, 4) is 0 Å². The van der Waals surface area contributed by atoms with Crippen LogP contribution in [0.25, 0.3) is 0 Å². The van der Waals surface area contributed by atoms with Gasteiger partial charge in [0.1, 0.15) is 6.73 Å². The van der Waals surface area contributed by atoms with Gasteiger partial charge in [-0.3, -0.25) is 4.79 Å². The molecule has 0 bridgehead atoms. The summed E-state index contributed by atoms with van der Waals surface area (Å²) < 4.78 is 0. The van der Waals surface area contributed by atoms with E-state index >= 15 is 0 Å². The summed E-state index contributed by atoms with van der Waals surface area (Å²) in [5, 5.41) is 7.93. The van der Waals surface area contributed by atoms with Crippen molar-refractivity contribution in [2.24, 2.45) is 0 Å². The number of aliphatic hydroxyl groups excluding tert-OH is 1. The van der Waals surface area contributed by atoms with Crippen LogP contribution in [0.2, 0.25) is 0 Å². The molecule has 0 saturated heterocycles. The van der Waals surface area contributed by atoms with Crippen LogP contribution in [0.5, 0.6) is 0 Å². The van der Waals surface area contributed by atoms with Gasteiger partial charge in [0.25, 0.3) is 0 Å². The van der Waals surface area contributed by atoms with E-state index in [1.165, 1.54) is 6.92 Å². The van der Waals surface area contributed by atoms with Crippen molar-refractivity contribution in [1.29, 1.82) is 0 Å². The number of hydrogen-bond donors (Lipinski definition) is 2. The predicted molar refractivity (Wildman–Crippen MR) is 29.1 cm³/mol. The quantitative estimate of drug-likeness (QED) is 0.278. The van der Waals surface area contributed by atoms with Gasteiger partial charge in [-0.2, -0.15) is 0 Å². The first-order valence-corrected chi connectivity index (χ1v) is 1.78. The molecule has 0 aromatic rings. The van der Waals surface area contributed by atoms with Gasteiger partial charge < -0.3 is 9.94 Å². The van der Waals surface area contributed by atoms with Crippen LogP contribution in [0.3, 0.4) is 0 Å². The van der Waals surface area contributed by atoms with E-state index in [1.807, 2.05) is 5.48 Å². The summed E-state index contributed by atoms with van der Waals surface area (Å²) >= 11 is 0. The molecule has 0 radical (unpaired) electrons. The standard InChI is InChI=1S/C3H7NO3.K.H/c1-3(6)7-4-2-5;;/h4-5H,2H2,1H3;;. The molecular weight excluding hydrogens is 137 g/mol. The fourth-order valence-corrected chi connectivity index (χ4v) is 0.134. The first kappa shape index (κ1) is 11.8. The molecule has 0 aromatic heterocycles. The van der Waals surface area contributed by atoms with Crippen LogP contribution in [0.1, 0.15) is 6.92 Å². The Bertz CT molecular complexity index is 67.5. The van der Waals surface area contributed by atoms with Crippen LogP contribution in [0, 0.1) is 0 Å². The second-order valence-corrected chi connectivity index (χ2v) is 0.896. The number of rotatable bonds is 2. The van der Waals surface area contributed by atoms with Crippen molar-refractivity contribution >= 4 is 57.4 Å². The summed E-state index contributed by atoms with van der Waals surface area (Å²) in [5.41, 5.74) is 1.95. The van der Waals surface area contributed by atoms with Crippen molar-refractivity contribution in [3.63, 3.8) is 0 Å². The zero-order valence-electron chi connectivity index (χ0n) is 3.97. The van der Waals surface area contributed by atoms with Crippen molar-refractivity contribution in [2.75, 3.05) is 6.73 Å². The molecule has 0 rings (SSSR count). The van der Waals surface area contributed by atoms with Crippen LogP contribution in [0.4, 0.5) is 0 Å². The van der Waals surface area contributed by atoms with E-state index in [1.54, 1.807) is 0 Å². The normalized spacial score (nSPS) is 7.25. The van der Waals surface area contributed by atoms with Gasteiger partial charge in [-0.05, 0) is 0 Å². The van der Waals surface area contributed by atoms with Crippen molar-refractivity contribution in [1.82, 2.24) is 5.48 Å². The number of nitrogens with one attached hydrogen (secondary N) is 1. The maximum absolute atomic E-state index is 9.81. The molecule has 0 atom stereocenters. The molecule has 0 aliphatic carbocycles. The number of carbonyl (C=O) groups excluding carboxylic acids is 1. The van der Waals surface area contributed by atoms with Crippen LogP contribution in [0.15, 0.2) is 0 Å². The summed E-state index contributed by atoms with van der Waals surface area (Å²) in [7, 11) is 0. The average molecular weight is 145 g/mol. The van der Waals surface area contributed by atoms with Gasteiger partial charge in [0.05, 0.1) is 0 Å². The fourth-order valence-electron chi connectivity index (χ4n) is 0.134. The molecule has 2 N–H and O–H groups in total. The topological polar surface area (TPSA) is 58.6 Å². The molecule has 0 spiro atoms. The Balaban J connectivity index is 0. The van der Waals surface area contributed by atoms with Crippen LogP contribution < -0.4 is 5.48 Å². The van der Waals surface area contributed by atoms with Gasteiger partial charge in [0.15, 0.2) is 0 Å². The van der Waals surface area contributed by atoms with E-state index in [2.05, 4.69) is 4.84 Å². The average Bonchev–Trinajstić information content (AvgIpc) is 1.61. The Labute approximate surface area is 90.0 Å². The van der Waals surface area contributed by atoms with E-state index in [9.17, 15) is 4.79 Å².